The van der Waals surface area contributed by atoms with Crippen molar-refractivity contribution in [3.63, 3.8) is 0 Å². The van der Waals surface area contributed by atoms with E-state index in [1.54, 1.807) is 61.7 Å². The Morgan fingerprint density at radius 3 is 2.50 bits per heavy atom. The van der Waals surface area contributed by atoms with Crippen LogP contribution >= 0.6 is 0 Å². The number of carbonyl (C=O) groups is 2. The van der Waals surface area contributed by atoms with E-state index >= 15 is 0 Å². The molecule has 2 aromatic carbocycles. The number of carboxylic acids is 1. The van der Waals surface area contributed by atoms with Crippen molar-refractivity contribution in [2.75, 3.05) is 12.4 Å². The number of ether oxygens (including phenoxy) is 1. The van der Waals surface area contributed by atoms with E-state index in [-0.39, 0.29) is 11.5 Å². The Kier molecular flexibility index (Phi) is 5.32. The van der Waals surface area contributed by atoms with Crippen molar-refractivity contribution in [2.24, 2.45) is 0 Å². The molecule has 0 fully saturated rings. The summed E-state index contributed by atoms with van der Waals surface area (Å²) in [5.41, 5.74) is 1.07. The van der Waals surface area contributed by atoms with Crippen LogP contribution in [-0.2, 0) is 4.79 Å². The quantitative estimate of drug-likeness (QED) is 0.651. The van der Waals surface area contributed by atoms with E-state index in [9.17, 15) is 9.59 Å². The topological polar surface area (TPSA) is 99.4 Å². The van der Waals surface area contributed by atoms with Crippen molar-refractivity contribution in [2.45, 2.75) is 0 Å². The summed E-state index contributed by atoms with van der Waals surface area (Å²) in [6.45, 7) is 0. The lowest BCUT2D eigenvalue weighted by Crippen LogP contribution is -2.11. The lowest BCUT2D eigenvalue weighted by molar-refractivity contribution is -0.132. The van der Waals surface area contributed by atoms with E-state index in [0.717, 1.165) is 0 Å². The molecule has 6 nitrogen and oxygen atoms in total. The molecule has 2 N–H and O–H groups in total. The summed E-state index contributed by atoms with van der Waals surface area (Å²) in [6.07, 6.45) is 1.24. The molecule has 0 spiro atoms. The Balaban J connectivity index is 2.18. The molecule has 0 saturated heterocycles. The Morgan fingerprint density at radius 2 is 1.92 bits per heavy atom. The van der Waals surface area contributed by atoms with Gasteiger partial charge in [-0.3, -0.25) is 4.79 Å². The number of carbonyl (C=O) groups excluding carboxylic acids is 1. The highest BCUT2D eigenvalue weighted by Gasteiger charge is 2.08. The first-order valence-electron chi connectivity index (χ1n) is 6.94. The Morgan fingerprint density at radius 1 is 1.21 bits per heavy atom. The molecule has 2 aromatic rings. The fourth-order valence-electron chi connectivity index (χ4n) is 1.96. The first kappa shape index (κ1) is 16.8. The molecule has 0 radical (unpaired) electrons. The first-order valence-corrected chi connectivity index (χ1v) is 6.94. The summed E-state index contributed by atoms with van der Waals surface area (Å²) in [6, 6.07) is 14.8. The maximum Gasteiger partial charge on any atom is 0.346 e. The fraction of sp³-hybridized carbons (Fsp3) is 0.0556. The predicted octanol–water partition coefficient (Wildman–Crippen LogP) is 2.94. The van der Waals surface area contributed by atoms with E-state index in [2.05, 4.69) is 5.32 Å². The second-order valence-electron chi connectivity index (χ2n) is 4.78. The zero-order chi connectivity index (χ0) is 17.5. The highest BCUT2D eigenvalue weighted by Crippen LogP contribution is 2.16. The third-order valence-corrected chi connectivity index (χ3v) is 3.16. The lowest BCUT2D eigenvalue weighted by Gasteiger charge is -2.07. The summed E-state index contributed by atoms with van der Waals surface area (Å²) in [5.74, 6) is -0.959. The number of benzene rings is 2. The zero-order valence-corrected chi connectivity index (χ0v) is 12.8. The Bertz CT molecular complexity index is 833. The van der Waals surface area contributed by atoms with Crippen molar-refractivity contribution in [1.29, 1.82) is 5.26 Å². The van der Waals surface area contributed by atoms with Crippen molar-refractivity contribution < 1.29 is 19.4 Å². The van der Waals surface area contributed by atoms with Gasteiger partial charge in [-0.2, -0.15) is 5.26 Å². The minimum Gasteiger partial charge on any atom is -0.497 e. The summed E-state index contributed by atoms with van der Waals surface area (Å²) in [7, 11) is 1.54. The molecule has 2 rings (SSSR count). The van der Waals surface area contributed by atoms with Crippen LogP contribution in [0.1, 0.15) is 15.9 Å². The minimum atomic E-state index is -1.30. The molecule has 0 unspecified atom stereocenters. The first-order chi connectivity index (χ1) is 11.5. The van der Waals surface area contributed by atoms with Gasteiger partial charge in [0.25, 0.3) is 5.91 Å². The Labute approximate surface area is 138 Å². The van der Waals surface area contributed by atoms with Crippen molar-refractivity contribution in [3.8, 4) is 11.8 Å². The number of nitrogens with one attached hydrogen (secondary N) is 1. The van der Waals surface area contributed by atoms with Gasteiger partial charge in [0.15, 0.2) is 0 Å². The van der Waals surface area contributed by atoms with Crippen LogP contribution in [0.5, 0.6) is 5.75 Å². The molecule has 0 aliphatic carbocycles. The van der Waals surface area contributed by atoms with Gasteiger partial charge < -0.3 is 15.2 Å². The van der Waals surface area contributed by atoms with Crippen LogP contribution in [0.15, 0.2) is 54.1 Å². The molecular weight excluding hydrogens is 308 g/mol. The van der Waals surface area contributed by atoms with Crippen LogP contribution in [0.3, 0.4) is 0 Å². The number of hydrogen-bond acceptors (Lipinski definition) is 4. The molecule has 1 amide bonds. The minimum absolute atomic E-state index is 0.308. The number of anilines is 1. The van der Waals surface area contributed by atoms with Crippen molar-refractivity contribution in [3.05, 3.63) is 65.2 Å². The van der Waals surface area contributed by atoms with Crippen LogP contribution in [-0.4, -0.2) is 24.1 Å². The van der Waals surface area contributed by atoms with Gasteiger partial charge in [0.1, 0.15) is 17.4 Å². The van der Waals surface area contributed by atoms with Gasteiger partial charge >= 0.3 is 5.97 Å². The van der Waals surface area contributed by atoms with E-state index in [0.29, 0.717) is 22.6 Å². The molecule has 6 heteroatoms. The Hall–Kier alpha value is -3.59. The normalized spacial score (nSPS) is 10.6. The monoisotopic (exact) mass is 322 g/mol. The van der Waals surface area contributed by atoms with Gasteiger partial charge in [-0.1, -0.05) is 12.1 Å². The zero-order valence-electron chi connectivity index (χ0n) is 12.8. The molecular formula is C18H14N2O4. The van der Waals surface area contributed by atoms with Crippen molar-refractivity contribution >= 4 is 23.6 Å². The number of nitrogens with zero attached hydrogens (tertiary/aromatic N) is 1. The third kappa shape index (κ3) is 4.21. The molecule has 0 aliphatic rings. The smallest absolute Gasteiger partial charge is 0.346 e. The molecule has 0 heterocycles. The second kappa shape index (κ2) is 7.61. The number of amides is 1. The number of nitriles is 1. The fourth-order valence-corrected chi connectivity index (χ4v) is 1.96. The SMILES string of the molecule is COc1ccc(C(=O)Nc2cccc(C=C(C#N)C(=O)O)c2)cc1. The summed E-state index contributed by atoms with van der Waals surface area (Å²) < 4.78 is 5.04. The van der Waals surface area contributed by atoms with Crippen LogP contribution in [0, 0.1) is 11.3 Å². The van der Waals surface area contributed by atoms with E-state index in [1.165, 1.54) is 6.08 Å². The molecule has 120 valence electrons. The summed E-state index contributed by atoms with van der Waals surface area (Å²) in [4.78, 5) is 23.1. The number of carboxylic acid groups (broad SMARTS) is 1. The molecule has 0 aromatic heterocycles. The van der Waals surface area contributed by atoms with Crippen molar-refractivity contribution in [1.82, 2.24) is 0 Å². The molecule has 0 atom stereocenters. The second-order valence-corrected chi connectivity index (χ2v) is 4.78. The van der Waals surface area contributed by atoms with Gasteiger partial charge in [-0.25, -0.2) is 4.79 Å². The van der Waals surface area contributed by atoms with E-state index in [4.69, 9.17) is 15.1 Å². The van der Waals surface area contributed by atoms with Crippen LogP contribution in [0.25, 0.3) is 6.08 Å². The maximum absolute atomic E-state index is 12.2. The number of hydrogen-bond donors (Lipinski definition) is 2. The van der Waals surface area contributed by atoms with E-state index < -0.39 is 5.97 Å². The third-order valence-electron chi connectivity index (χ3n) is 3.16. The standard InChI is InChI=1S/C18H14N2O4/c1-24-16-7-5-13(6-8-16)17(21)20-15-4-2-3-12(10-15)9-14(11-19)18(22)23/h2-10H,1H3,(H,20,21)(H,22,23). The highest BCUT2D eigenvalue weighted by molar-refractivity contribution is 6.04. The summed E-state index contributed by atoms with van der Waals surface area (Å²) in [5, 5.41) is 20.4. The summed E-state index contributed by atoms with van der Waals surface area (Å²) >= 11 is 0. The molecule has 24 heavy (non-hydrogen) atoms. The van der Waals surface area contributed by atoms with E-state index in [1.807, 2.05) is 0 Å². The van der Waals surface area contributed by atoms with Crippen LogP contribution < -0.4 is 10.1 Å². The van der Waals surface area contributed by atoms with Gasteiger partial charge in [-0.05, 0) is 48.0 Å². The molecule has 0 saturated carbocycles. The number of aliphatic carboxylic acids is 1. The highest BCUT2D eigenvalue weighted by atomic mass is 16.5. The van der Waals surface area contributed by atoms with Gasteiger partial charge in [0.05, 0.1) is 7.11 Å². The molecule has 0 bridgehead atoms. The van der Waals surface area contributed by atoms with Gasteiger partial charge in [0, 0.05) is 11.3 Å². The lowest BCUT2D eigenvalue weighted by atomic mass is 10.1. The largest absolute Gasteiger partial charge is 0.497 e. The average Bonchev–Trinajstić information content (AvgIpc) is 2.59. The number of rotatable bonds is 5. The van der Waals surface area contributed by atoms with Crippen LogP contribution in [0.4, 0.5) is 5.69 Å². The van der Waals surface area contributed by atoms with Crippen LogP contribution in [0.2, 0.25) is 0 Å². The molecule has 0 aliphatic heterocycles. The van der Waals surface area contributed by atoms with Gasteiger partial charge in [0.2, 0.25) is 0 Å². The number of methoxy groups -OCH3 is 1. The maximum atomic E-state index is 12.2. The average molecular weight is 322 g/mol. The predicted molar refractivity (Wildman–Crippen MR) is 88.6 cm³/mol. The van der Waals surface area contributed by atoms with Gasteiger partial charge in [-0.15, -0.1) is 0 Å².